The second-order valence-electron chi connectivity index (χ2n) is 4.55. The number of aromatic nitrogens is 3. The molecule has 3 rings (SSSR count). The van der Waals surface area contributed by atoms with Crippen molar-refractivity contribution in [1.29, 1.82) is 0 Å². The number of hydrogen-bond donors (Lipinski definition) is 1. The van der Waals surface area contributed by atoms with E-state index in [-0.39, 0.29) is 0 Å². The van der Waals surface area contributed by atoms with E-state index in [0.29, 0.717) is 27.7 Å². The number of fused-ring (bicyclic) bond motifs is 1. The summed E-state index contributed by atoms with van der Waals surface area (Å²) in [7, 11) is 0. The second-order valence-corrected chi connectivity index (χ2v) is 4.96. The van der Waals surface area contributed by atoms with Gasteiger partial charge in [-0.05, 0) is 25.5 Å². The SMILES string of the molecule is CCc1cc(-c2nc3cc(Cl)c(N)cc3o2)n(CC)n1. The first-order valence-electron chi connectivity index (χ1n) is 6.55. The number of anilines is 1. The Kier molecular flexibility index (Phi) is 3.14. The van der Waals surface area contributed by atoms with Crippen LogP contribution in [0, 0.1) is 0 Å². The number of aryl methyl sites for hydroxylation is 2. The van der Waals surface area contributed by atoms with E-state index in [4.69, 9.17) is 21.8 Å². The average Bonchev–Trinajstić information content (AvgIpc) is 3.02. The first-order valence-corrected chi connectivity index (χ1v) is 6.92. The summed E-state index contributed by atoms with van der Waals surface area (Å²) in [6.07, 6.45) is 0.874. The van der Waals surface area contributed by atoms with Crippen LogP contribution in [0.25, 0.3) is 22.7 Å². The summed E-state index contributed by atoms with van der Waals surface area (Å²) >= 11 is 6.00. The van der Waals surface area contributed by atoms with Crippen molar-refractivity contribution in [2.24, 2.45) is 0 Å². The van der Waals surface area contributed by atoms with Crippen LogP contribution in [0.1, 0.15) is 19.5 Å². The van der Waals surface area contributed by atoms with Crippen LogP contribution in [0.5, 0.6) is 0 Å². The first-order chi connectivity index (χ1) is 9.62. The maximum atomic E-state index is 6.00. The van der Waals surface area contributed by atoms with Gasteiger partial charge in [0.15, 0.2) is 5.58 Å². The Bertz CT molecular complexity index is 736. The molecule has 0 aliphatic heterocycles. The van der Waals surface area contributed by atoms with E-state index < -0.39 is 0 Å². The predicted octanol–water partition coefficient (Wildman–Crippen LogP) is 3.51. The molecular weight excluding hydrogens is 276 g/mol. The quantitative estimate of drug-likeness (QED) is 0.749. The lowest BCUT2D eigenvalue weighted by atomic mass is 10.3. The number of nitrogens with two attached hydrogens (primary N) is 1. The molecule has 1 aromatic carbocycles. The first kappa shape index (κ1) is 13.0. The maximum Gasteiger partial charge on any atom is 0.245 e. The molecule has 0 aliphatic carbocycles. The minimum absolute atomic E-state index is 0.482. The van der Waals surface area contributed by atoms with Crippen molar-refractivity contribution in [2.45, 2.75) is 26.8 Å². The van der Waals surface area contributed by atoms with E-state index in [1.165, 1.54) is 0 Å². The molecule has 0 aliphatic rings. The summed E-state index contributed by atoms with van der Waals surface area (Å²) in [4.78, 5) is 4.47. The van der Waals surface area contributed by atoms with Gasteiger partial charge in [0.2, 0.25) is 5.89 Å². The van der Waals surface area contributed by atoms with E-state index >= 15 is 0 Å². The van der Waals surface area contributed by atoms with Gasteiger partial charge in [0.25, 0.3) is 0 Å². The third-order valence-corrected chi connectivity index (χ3v) is 3.55. The molecule has 0 saturated carbocycles. The minimum atomic E-state index is 0.482. The van der Waals surface area contributed by atoms with Crippen molar-refractivity contribution in [2.75, 3.05) is 5.73 Å². The van der Waals surface area contributed by atoms with Crippen molar-refractivity contribution < 1.29 is 4.42 Å². The molecule has 0 radical (unpaired) electrons. The summed E-state index contributed by atoms with van der Waals surface area (Å²) < 4.78 is 7.66. The van der Waals surface area contributed by atoms with Crippen molar-refractivity contribution in [3.8, 4) is 11.6 Å². The summed E-state index contributed by atoms with van der Waals surface area (Å²) in [6.45, 7) is 4.86. The lowest BCUT2D eigenvalue weighted by molar-refractivity contribution is 0.590. The Morgan fingerprint density at radius 2 is 2.10 bits per heavy atom. The number of nitrogen functional groups attached to an aromatic ring is 1. The molecule has 0 unspecified atom stereocenters. The summed E-state index contributed by atoms with van der Waals surface area (Å²) in [6, 6.07) is 5.41. The van der Waals surface area contributed by atoms with Crippen LogP contribution >= 0.6 is 11.6 Å². The molecule has 0 atom stereocenters. The van der Waals surface area contributed by atoms with E-state index in [9.17, 15) is 0 Å². The van der Waals surface area contributed by atoms with E-state index in [1.807, 2.05) is 17.7 Å². The van der Waals surface area contributed by atoms with Crippen LogP contribution in [-0.4, -0.2) is 14.8 Å². The fourth-order valence-electron chi connectivity index (χ4n) is 2.13. The Morgan fingerprint density at radius 1 is 1.30 bits per heavy atom. The summed E-state index contributed by atoms with van der Waals surface area (Å²) in [5.41, 5.74) is 9.47. The van der Waals surface area contributed by atoms with Gasteiger partial charge in [-0.25, -0.2) is 4.98 Å². The molecule has 0 bridgehead atoms. The van der Waals surface area contributed by atoms with Gasteiger partial charge >= 0.3 is 0 Å². The van der Waals surface area contributed by atoms with Gasteiger partial charge in [-0.1, -0.05) is 18.5 Å². The Balaban J connectivity index is 2.16. The van der Waals surface area contributed by atoms with Gasteiger partial charge in [0, 0.05) is 12.6 Å². The second kappa shape index (κ2) is 4.83. The van der Waals surface area contributed by atoms with Crippen LogP contribution in [-0.2, 0) is 13.0 Å². The highest BCUT2D eigenvalue weighted by Gasteiger charge is 2.15. The van der Waals surface area contributed by atoms with Gasteiger partial charge in [0.1, 0.15) is 11.2 Å². The number of benzene rings is 1. The average molecular weight is 291 g/mol. The standard InChI is InChI=1S/C14H15ClN4O/c1-3-8-5-12(19(4-2)18-8)14-17-11-6-9(15)10(16)7-13(11)20-14/h5-7H,3-4,16H2,1-2H3. The van der Waals surface area contributed by atoms with Gasteiger partial charge in [-0.15, -0.1) is 0 Å². The molecule has 3 aromatic rings. The highest BCUT2D eigenvalue weighted by Crippen LogP contribution is 2.30. The molecule has 0 saturated heterocycles. The van der Waals surface area contributed by atoms with Crippen molar-refractivity contribution >= 4 is 28.4 Å². The molecule has 104 valence electrons. The highest BCUT2D eigenvalue weighted by atomic mass is 35.5. The topological polar surface area (TPSA) is 69.9 Å². The third kappa shape index (κ3) is 2.04. The molecule has 20 heavy (non-hydrogen) atoms. The molecule has 5 nitrogen and oxygen atoms in total. The smallest absolute Gasteiger partial charge is 0.245 e. The van der Waals surface area contributed by atoms with Crippen LogP contribution in [0.15, 0.2) is 22.6 Å². The number of hydrogen-bond acceptors (Lipinski definition) is 4. The predicted molar refractivity (Wildman–Crippen MR) is 79.7 cm³/mol. The number of halogens is 1. The summed E-state index contributed by atoms with van der Waals surface area (Å²) in [5, 5.41) is 4.98. The van der Waals surface area contributed by atoms with Crippen LogP contribution in [0.3, 0.4) is 0 Å². The van der Waals surface area contributed by atoms with Gasteiger partial charge in [-0.3, -0.25) is 4.68 Å². The number of rotatable bonds is 3. The molecule has 2 N–H and O–H groups in total. The van der Waals surface area contributed by atoms with E-state index in [1.54, 1.807) is 12.1 Å². The van der Waals surface area contributed by atoms with E-state index in [0.717, 1.165) is 24.4 Å². The Morgan fingerprint density at radius 3 is 2.80 bits per heavy atom. The zero-order chi connectivity index (χ0) is 14.3. The Hall–Kier alpha value is -2.01. The molecule has 2 aromatic heterocycles. The van der Waals surface area contributed by atoms with Gasteiger partial charge in [-0.2, -0.15) is 5.10 Å². The Labute approximate surface area is 121 Å². The lowest BCUT2D eigenvalue weighted by Gasteiger charge is -1.98. The third-order valence-electron chi connectivity index (χ3n) is 3.22. The van der Waals surface area contributed by atoms with Crippen LogP contribution < -0.4 is 5.73 Å². The number of oxazole rings is 1. The fourth-order valence-corrected chi connectivity index (χ4v) is 2.29. The summed E-state index contributed by atoms with van der Waals surface area (Å²) in [5.74, 6) is 0.538. The maximum absolute atomic E-state index is 6.00. The van der Waals surface area contributed by atoms with Crippen LogP contribution in [0.4, 0.5) is 5.69 Å². The van der Waals surface area contributed by atoms with E-state index in [2.05, 4.69) is 17.0 Å². The molecule has 6 heteroatoms. The molecule has 0 amide bonds. The zero-order valence-corrected chi connectivity index (χ0v) is 12.1. The number of nitrogens with zero attached hydrogens (tertiary/aromatic N) is 3. The van der Waals surface area contributed by atoms with Crippen molar-refractivity contribution in [3.63, 3.8) is 0 Å². The van der Waals surface area contributed by atoms with Crippen LogP contribution in [0.2, 0.25) is 5.02 Å². The molecule has 0 fully saturated rings. The molecular formula is C14H15ClN4O. The molecule has 0 spiro atoms. The lowest BCUT2D eigenvalue weighted by Crippen LogP contribution is -1.99. The highest BCUT2D eigenvalue weighted by molar-refractivity contribution is 6.33. The minimum Gasteiger partial charge on any atom is -0.435 e. The monoisotopic (exact) mass is 290 g/mol. The fraction of sp³-hybridized carbons (Fsp3) is 0.286. The van der Waals surface area contributed by atoms with Crippen molar-refractivity contribution in [3.05, 3.63) is 28.9 Å². The zero-order valence-electron chi connectivity index (χ0n) is 11.4. The van der Waals surface area contributed by atoms with Crippen molar-refractivity contribution in [1.82, 2.24) is 14.8 Å². The van der Waals surface area contributed by atoms with Gasteiger partial charge < -0.3 is 10.2 Å². The molecule has 2 heterocycles. The largest absolute Gasteiger partial charge is 0.435 e. The normalized spacial score (nSPS) is 11.3. The van der Waals surface area contributed by atoms with Gasteiger partial charge in [0.05, 0.1) is 16.4 Å².